The van der Waals surface area contributed by atoms with Crippen molar-refractivity contribution in [2.24, 2.45) is 0 Å². The van der Waals surface area contributed by atoms with Crippen LogP contribution in [0.2, 0.25) is 0 Å². The Bertz CT molecular complexity index is 862. The fraction of sp³-hybridized carbons (Fsp3) is 0.200. The largest absolute Gasteiger partial charge is 0.301 e. The third kappa shape index (κ3) is 2.03. The van der Waals surface area contributed by atoms with Gasteiger partial charge in [0.15, 0.2) is 16.3 Å². The maximum Gasteiger partial charge on any atom is 0.301 e. The van der Waals surface area contributed by atoms with E-state index in [1.54, 1.807) is 18.0 Å². The maximum absolute atomic E-state index is 12.1. The Morgan fingerprint density at radius 1 is 1.14 bits per heavy atom. The molecule has 4 rings (SSSR count). The van der Waals surface area contributed by atoms with Crippen LogP contribution in [0.5, 0.6) is 0 Å². The summed E-state index contributed by atoms with van der Waals surface area (Å²) in [6, 6.07) is 10.4. The lowest BCUT2D eigenvalue weighted by molar-refractivity contribution is 0.509. The maximum atomic E-state index is 12.1. The summed E-state index contributed by atoms with van der Waals surface area (Å²) in [5, 5.41) is 0.730. The van der Waals surface area contributed by atoms with Crippen molar-refractivity contribution in [1.29, 1.82) is 0 Å². The number of hydrogen-bond donors (Lipinski definition) is 0. The van der Waals surface area contributed by atoms with Crippen LogP contribution < -0.4 is 5.56 Å². The Kier molecular flexibility index (Phi) is 2.96. The molecule has 1 aliphatic heterocycles. The van der Waals surface area contributed by atoms with Crippen molar-refractivity contribution in [2.75, 3.05) is 5.75 Å². The zero-order chi connectivity index (χ0) is 14.2. The highest BCUT2D eigenvalue weighted by molar-refractivity contribution is 7.99. The van der Waals surface area contributed by atoms with E-state index in [4.69, 9.17) is 0 Å². The van der Waals surface area contributed by atoms with Crippen LogP contribution in [0.25, 0.3) is 11.2 Å². The summed E-state index contributed by atoms with van der Waals surface area (Å²) in [6.45, 7) is 0. The molecule has 0 spiro atoms. The molecule has 1 aromatic carbocycles. The van der Waals surface area contributed by atoms with Gasteiger partial charge in [0.2, 0.25) is 0 Å². The molecule has 3 heterocycles. The predicted octanol–water partition coefficient (Wildman–Crippen LogP) is 2.27. The molecule has 1 unspecified atom stereocenters. The van der Waals surface area contributed by atoms with E-state index in [0.29, 0.717) is 11.2 Å². The molecule has 0 saturated heterocycles. The minimum absolute atomic E-state index is 0.148. The molecule has 6 heteroatoms. The van der Waals surface area contributed by atoms with Gasteiger partial charge >= 0.3 is 5.56 Å². The highest BCUT2D eigenvalue weighted by atomic mass is 32.2. The molecule has 0 radical (unpaired) electrons. The first-order valence-corrected chi connectivity index (χ1v) is 7.74. The Balaban J connectivity index is 2.03. The van der Waals surface area contributed by atoms with Gasteiger partial charge in [0.1, 0.15) is 0 Å². The first-order chi connectivity index (χ1) is 10.3. The second kappa shape index (κ2) is 4.96. The molecule has 2 aromatic heterocycles. The summed E-state index contributed by atoms with van der Waals surface area (Å²) < 4.78 is 2.05. The van der Waals surface area contributed by atoms with Crippen LogP contribution in [0.3, 0.4) is 0 Å². The fourth-order valence-electron chi connectivity index (χ4n) is 2.71. The standard InChI is InChI=1S/C15H12N4OS/c20-14-12-13(17-8-7-16-12)19-11(6-9-21-15(19)18-14)10-4-2-1-3-5-10/h1-5,7-8,11H,6,9H2. The Hall–Kier alpha value is -2.21. The van der Waals surface area contributed by atoms with E-state index in [2.05, 4.69) is 27.1 Å². The van der Waals surface area contributed by atoms with Gasteiger partial charge in [-0.3, -0.25) is 9.36 Å². The number of aromatic nitrogens is 4. The van der Waals surface area contributed by atoms with Gasteiger partial charge in [0.05, 0.1) is 6.04 Å². The molecule has 0 aliphatic carbocycles. The lowest BCUT2D eigenvalue weighted by Crippen LogP contribution is -2.25. The van der Waals surface area contributed by atoms with Crippen molar-refractivity contribution in [1.82, 2.24) is 19.5 Å². The minimum atomic E-state index is -0.300. The number of fused-ring (bicyclic) bond motifs is 3. The number of nitrogens with zero attached hydrogens (tertiary/aromatic N) is 4. The molecule has 1 atom stereocenters. The van der Waals surface area contributed by atoms with Crippen molar-refractivity contribution in [3.63, 3.8) is 0 Å². The normalized spacial score (nSPS) is 17.6. The molecule has 3 aromatic rings. The molecule has 5 nitrogen and oxygen atoms in total. The first-order valence-electron chi connectivity index (χ1n) is 6.75. The van der Waals surface area contributed by atoms with Gasteiger partial charge in [-0.2, -0.15) is 4.98 Å². The first kappa shape index (κ1) is 12.5. The van der Waals surface area contributed by atoms with Crippen LogP contribution in [0, 0.1) is 0 Å². The molecule has 21 heavy (non-hydrogen) atoms. The molecule has 1 aliphatic rings. The van der Waals surface area contributed by atoms with E-state index in [1.165, 1.54) is 11.8 Å². The van der Waals surface area contributed by atoms with Gasteiger partial charge < -0.3 is 0 Å². The van der Waals surface area contributed by atoms with Gasteiger partial charge in [0, 0.05) is 18.1 Å². The minimum Gasteiger partial charge on any atom is -0.296 e. The molecule has 0 saturated carbocycles. The van der Waals surface area contributed by atoms with Crippen molar-refractivity contribution < 1.29 is 0 Å². The Morgan fingerprint density at radius 3 is 2.81 bits per heavy atom. The van der Waals surface area contributed by atoms with E-state index < -0.39 is 0 Å². The van der Waals surface area contributed by atoms with Crippen molar-refractivity contribution >= 4 is 22.9 Å². The second-order valence-electron chi connectivity index (χ2n) is 4.86. The van der Waals surface area contributed by atoms with Crippen LogP contribution in [0.15, 0.2) is 52.7 Å². The molecule has 0 bridgehead atoms. The highest BCUT2D eigenvalue weighted by Crippen LogP contribution is 2.35. The summed E-state index contributed by atoms with van der Waals surface area (Å²) >= 11 is 1.60. The molecule has 0 fully saturated rings. The second-order valence-corrected chi connectivity index (χ2v) is 5.92. The lowest BCUT2D eigenvalue weighted by Gasteiger charge is -2.28. The summed E-state index contributed by atoms with van der Waals surface area (Å²) in [5.74, 6) is 0.942. The van der Waals surface area contributed by atoms with Gasteiger partial charge in [0.25, 0.3) is 0 Å². The molecule has 104 valence electrons. The topological polar surface area (TPSA) is 60.7 Å². The van der Waals surface area contributed by atoms with Gasteiger partial charge in [-0.15, -0.1) is 0 Å². The summed E-state index contributed by atoms with van der Waals surface area (Å²) in [6.07, 6.45) is 4.14. The van der Waals surface area contributed by atoms with E-state index >= 15 is 0 Å². The summed E-state index contributed by atoms with van der Waals surface area (Å²) in [4.78, 5) is 24.8. The Morgan fingerprint density at radius 2 is 1.95 bits per heavy atom. The smallest absolute Gasteiger partial charge is 0.296 e. The number of rotatable bonds is 1. The molecule has 0 amide bonds. The summed E-state index contributed by atoms with van der Waals surface area (Å²) in [7, 11) is 0. The van der Waals surface area contributed by atoms with Crippen molar-refractivity contribution in [3.8, 4) is 0 Å². The van der Waals surface area contributed by atoms with Gasteiger partial charge in [-0.1, -0.05) is 42.1 Å². The lowest BCUT2D eigenvalue weighted by atomic mass is 10.0. The van der Waals surface area contributed by atoms with E-state index in [9.17, 15) is 4.79 Å². The molecular formula is C15H12N4OS. The number of benzene rings is 1. The third-order valence-electron chi connectivity index (χ3n) is 3.63. The van der Waals surface area contributed by atoms with Crippen LogP contribution in [0.4, 0.5) is 0 Å². The molecule has 0 N–H and O–H groups in total. The zero-order valence-corrected chi connectivity index (χ0v) is 12.0. The van der Waals surface area contributed by atoms with Crippen LogP contribution in [-0.4, -0.2) is 25.3 Å². The Labute approximate surface area is 125 Å². The third-order valence-corrected chi connectivity index (χ3v) is 4.62. The monoisotopic (exact) mass is 296 g/mol. The van der Waals surface area contributed by atoms with Gasteiger partial charge in [-0.25, -0.2) is 9.97 Å². The quantitative estimate of drug-likeness (QED) is 0.645. The average Bonchev–Trinajstić information content (AvgIpc) is 2.55. The predicted molar refractivity (Wildman–Crippen MR) is 81.5 cm³/mol. The van der Waals surface area contributed by atoms with Crippen LogP contribution >= 0.6 is 11.8 Å². The van der Waals surface area contributed by atoms with Gasteiger partial charge in [-0.05, 0) is 12.0 Å². The fourth-order valence-corrected chi connectivity index (χ4v) is 3.73. The average molecular weight is 296 g/mol. The van der Waals surface area contributed by atoms with Crippen molar-refractivity contribution in [2.45, 2.75) is 17.6 Å². The van der Waals surface area contributed by atoms with E-state index in [-0.39, 0.29) is 11.6 Å². The number of hydrogen-bond acceptors (Lipinski definition) is 5. The number of thioether (sulfide) groups is 1. The van der Waals surface area contributed by atoms with Crippen LogP contribution in [-0.2, 0) is 0 Å². The molecular weight excluding hydrogens is 284 g/mol. The highest BCUT2D eigenvalue weighted by Gasteiger charge is 2.25. The summed E-state index contributed by atoms with van der Waals surface area (Å²) in [5.41, 5.74) is 1.86. The van der Waals surface area contributed by atoms with E-state index in [0.717, 1.165) is 17.3 Å². The zero-order valence-electron chi connectivity index (χ0n) is 11.1. The van der Waals surface area contributed by atoms with Crippen LogP contribution in [0.1, 0.15) is 18.0 Å². The van der Waals surface area contributed by atoms with Crippen molar-refractivity contribution in [3.05, 3.63) is 58.6 Å². The van der Waals surface area contributed by atoms with E-state index in [1.807, 2.05) is 22.8 Å². The SMILES string of the molecule is O=c1nc2n(c3nccnc13)C(c1ccccc1)CCS2.